The van der Waals surface area contributed by atoms with Crippen LogP contribution in [0.3, 0.4) is 0 Å². The Morgan fingerprint density at radius 2 is 2.30 bits per heavy atom. The van der Waals surface area contributed by atoms with Crippen molar-refractivity contribution in [2.45, 2.75) is 30.4 Å². The van der Waals surface area contributed by atoms with Gasteiger partial charge in [-0.15, -0.1) is 22.0 Å². The van der Waals surface area contributed by atoms with E-state index in [9.17, 15) is 4.79 Å². The van der Waals surface area contributed by atoms with Crippen LogP contribution >= 0.6 is 11.8 Å². The minimum atomic E-state index is -1.04. The number of nitrogens with zero attached hydrogens (tertiary/aromatic N) is 2. The summed E-state index contributed by atoms with van der Waals surface area (Å²) >= 11 is 1.35. The third kappa shape index (κ3) is 3.20. The molecule has 2 aromatic rings. The van der Waals surface area contributed by atoms with Crippen LogP contribution < -0.4 is 5.73 Å². The van der Waals surface area contributed by atoms with Crippen LogP contribution in [0.1, 0.15) is 19.7 Å². The molecule has 8 heteroatoms. The number of aliphatic carboxylic acids is 1. The first-order chi connectivity index (χ1) is 9.40. The summed E-state index contributed by atoms with van der Waals surface area (Å²) in [7, 11) is 0. The molecule has 108 valence electrons. The first-order valence-electron chi connectivity index (χ1n) is 5.89. The Morgan fingerprint density at radius 3 is 2.90 bits per heavy atom. The molecule has 0 aromatic carbocycles. The van der Waals surface area contributed by atoms with Gasteiger partial charge in [0.1, 0.15) is 6.04 Å². The van der Waals surface area contributed by atoms with E-state index in [2.05, 4.69) is 10.2 Å². The number of carboxylic acid groups (broad SMARTS) is 1. The quantitative estimate of drug-likeness (QED) is 0.828. The van der Waals surface area contributed by atoms with Gasteiger partial charge in [-0.1, -0.05) is 0 Å². The van der Waals surface area contributed by atoms with E-state index in [1.165, 1.54) is 18.0 Å². The Bertz CT molecular complexity index is 579. The zero-order valence-electron chi connectivity index (χ0n) is 11.1. The molecule has 0 radical (unpaired) electrons. The van der Waals surface area contributed by atoms with Crippen molar-refractivity contribution in [2.75, 3.05) is 0 Å². The molecule has 2 heterocycles. The predicted molar refractivity (Wildman–Crippen MR) is 73.0 cm³/mol. The Morgan fingerprint density at radius 1 is 1.55 bits per heavy atom. The number of aromatic nitrogens is 2. The van der Waals surface area contributed by atoms with Gasteiger partial charge in [-0.2, -0.15) is 0 Å². The largest absolute Gasteiger partial charge is 0.480 e. The predicted octanol–water partition coefficient (Wildman–Crippen LogP) is 1.75. The van der Waals surface area contributed by atoms with Crippen LogP contribution in [0.15, 0.2) is 27.2 Å². The van der Waals surface area contributed by atoms with Crippen LogP contribution in [0.4, 0.5) is 0 Å². The number of hydrogen-bond donors (Lipinski definition) is 2. The third-order valence-corrected chi connectivity index (χ3v) is 4.17. The Balaban J connectivity index is 2.00. The molecule has 20 heavy (non-hydrogen) atoms. The van der Waals surface area contributed by atoms with Crippen LogP contribution in [0, 0.1) is 0 Å². The van der Waals surface area contributed by atoms with Crippen LogP contribution in [0.25, 0.3) is 11.7 Å². The number of hydrogen-bond acceptors (Lipinski definition) is 7. The standard InChI is InChI=1S/C12H15N3O4S/c1-12(2,9(13)11(16)17)20-6-8-14-15-10(19-8)7-4-3-5-18-7/h3-5,9H,6,13H2,1-2H3,(H,16,17)/t9-/m0/s1. The fourth-order valence-corrected chi connectivity index (χ4v) is 2.34. The first kappa shape index (κ1) is 14.6. The maximum atomic E-state index is 10.9. The van der Waals surface area contributed by atoms with Crippen molar-refractivity contribution in [1.82, 2.24) is 10.2 Å². The van der Waals surface area contributed by atoms with E-state index >= 15 is 0 Å². The topological polar surface area (TPSA) is 115 Å². The zero-order chi connectivity index (χ0) is 14.8. The van der Waals surface area contributed by atoms with Gasteiger partial charge in [0.05, 0.1) is 12.0 Å². The van der Waals surface area contributed by atoms with Crippen molar-refractivity contribution in [3.8, 4) is 11.7 Å². The Labute approximate surface area is 119 Å². The summed E-state index contributed by atoms with van der Waals surface area (Å²) in [5, 5.41) is 16.7. The van der Waals surface area contributed by atoms with Crippen molar-refractivity contribution in [1.29, 1.82) is 0 Å². The lowest BCUT2D eigenvalue weighted by Crippen LogP contribution is -2.46. The summed E-state index contributed by atoms with van der Waals surface area (Å²) in [5.41, 5.74) is 5.64. The van der Waals surface area contributed by atoms with Gasteiger partial charge in [-0.3, -0.25) is 4.79 Å². The molecule has 0 aliphatic rings. The molecule has 2 aromatic heterocycles. The fraction of sp³-hybridized carbons (Fsp3) is 0.417. The van der Waals surface area contributed by atoms with Crippen molar-refractivity contribution in [3.05, 3.63) is 24.3 Å². The highest BCUT2D eigenvalue weighted by Crippen LogP contribution is 2.31. The molecular weight excluding hydrogens is 282 g/mol. The summed E-state index contributed by atoms with van der Waals surface area (Å²) in [6, 6.07) is 2.47. The smallest absolute Gasteiger partial charge is 0.321 e. The SMILES string of the molecule is CC(C)(SCc1nnc(-c2ccco2)o1)[C@@H](N)C(=O)O. The van der Waals surface area contributed by atoms with Gasteiger partial charge in [-0.05, 0) is 26.0 Å². The molecule has 0 bridgehead atoms. The fourth-order valence-electron chi connectivity index (χ4n) is 1.45. The number of thioether (sulfide) groups is 1. The van der Waals surface area contributed by atoms with Gasteiger partial charge in [0.25, 0.3) is 5.89 Å². The average Bonchev–Trinajstić information content (AvgIpc) is 3.05. The van der Waals surface area contributed by atoms with Crippen LogP contribution in [-0.4, -0.2) is 32.1 Å². The maximum absolute atomic E-state index is 10.9. The van der Waals surface area contributed by atoms with Gasteiger partial charge in [0.15, 0.2) is 5.76 Å². The van der Waals surface area contributed by atoms with E-state index in [4.69, 9.17) is 19.7 Å². The summed E-state index contributed by atoms with van der Waals surface area (Å²) in [5.74, 6) is 0.527. The molecule has 0 saturated heterocycles. The molecule has 0 amide bonds. The summed E-state index contributed by atoms with van der Waals surface area (Å²) < 4.78 is 9.94. The molecule has 0 spiro atoms. The Hall–Kier alpha value is -1.80. The number of rotatable bonds is 6. The van der Waals surface area contributed by atoms with E-state index in [1.54, 1.807) is 26.0 Å². The zero-order valence-corrected chi connectivity index (χ0v) is 11.9. The van der Waals surface area contributed by atoms with Crippen LogP contribution in [-0.2, 0) is 10.5 Å². The van der Waals surface area contributed by atoms with Crippen molar-refractivity contribution < 1.29 is 18.7 Å². The minimum Gasteiger partial charge on any atom is -0.480 e. The van der Waals surface area contributed by atoms with Crippen LogP contribution in [0.2, 0.25) is 0 Å². The molecule has 2 rings (SSSR count). The lowest BCUT2D eigenvalue weighted by Gasteiger charge is -2.27. The van der Waals surface area contributed by atoms with Crippen molar-refractivity contribution >= 4 is 17.7 Å². The van der Waals surface area contributed by atoms with Gasteiger partial charge in [0.2, 0.25) is 5.89 Å². The summed E-state index contributed by atoms with van der Waals surface area (Å²) in [4.78, 5) is 10.9. The number of carbonyl (C=O) groups is 1. The van der Waals surface area contributed by atoms with Crippen LogP contribution in [0.5, 0.6) is 0 Å². The minimum absolute atomic E-state index is 0.297. The third-order valence-electron chi connectivity index (χ3n) is 2.78. The second kappa shape index (κ2) is 5.68. The highest BCUT2D eigenvalue weighted by Gasteiger charge is 2.33. The average molecular weight is 297 g/mol. The molecule has 0 unspecified atom stereocenters. The molecule has 3 N–H and O–H groups in total. The Kier molecular flexibility index (Phi) is 4.15. The maximum Gasteiger partial charge on any atom is 0.321 e. The van der Waals surface area contributed by atoms with Gasteiger partial charge < -0.3 is 19.7 Å². The van der Waals surface area contributed by atoms with Gasteiger partial charge >= 0.3 is 5.97 Å². The van der Waals surface area contributed by atoms with E-state index in [1.807, 2.05) is 0 Å². The molecular formula is C12H15N3O4S. The number of furan rings is 1. The molecule has 1 atom stereocenters. The monoisotopic (exact) mass is 297 g/mol. The number of nitrogens with two attached hydrogens (primary N) is 1. The van der Waals surface area contributed by atoms with Gasteiger partial charge in [0, 0.05) is 4.75 Å². The van der Waals surface area contributed by atoms with Crippen molar-refractivity contribution in [2.24, 2.45) is 5.73 Å². The lowest BCUT2D eigenvalue weighted by molar-refractivity contribution is -0.139. The molecule has 7 nitrogen and oxygen atoms in total. The second-order valence-electron chi connectivity index (χ2n) is 4.69. The second-order valence-corrected chi connectivity index (χ2v) is 6.32. The summed E-state index contributed by atoms with van der Waals surface area (Å²) in [6.07, 6.45) is 1.52. The summed E-state index contributed by atoms with van der Waals surface area (Å²) in [6.45, 7) is 3.53. The highest BCUT2D eigenvalue weighted by molar-refractivity contribution is 7.99. The van der Waals surface area contributed by atoms with Crippen molar-refractivity contribution in [3.63, 3.8) is 0 Å². The normalized spacial score (nSPS) is 13.3. The van der Waals surface area contributed by atoms with E-state index in [0.717, 1.165) is 0 Å². The molecule has 0 aliphatic carbocycles. The number of carboxylic acids is 1. The molecule has 0 saturated carbocycles. The van der Waals surface area contributed by atoms with E-state index in [-0.39, 0.29) is 0 Å². The lowest BCUT2D eigenvalue weighted by atomic mass is 10.1. The molecule has 0 aliphatic heterocycles. The van der Waals surface area contributed by atoms with E-state index in [0.29, 0.717) is 23.3 Å². The van der Waals surface area contributed by atoms with Gasteiger partial charge in [-0.25, -0.2) is 0 Å². The molecule has 0 fully saturated rings. The first-order valence-corrected chi connectivity index (χ1v) is 6.87. The van der Waals surface area contributed by atoms with E-state index < -0.39 is 16.8 Å². The highest BCUT2D eigenvalue weighted by atomic mass is 32.2.